The second kappa shape index (κ2) is 11.7. The van der Waals surface area contributed by atoms with Gasteiger partial charge in [0.2, 0.25) is 20.0 Å². The molecule has 2 aliphatic heterocycles. The van der Waals surface area contributed by atoms with E-state index in [2.05, 4.69) is 10.0 Å². The second-order valence-corrected chi connectivity index (χ2v) is 13.3. The molecule has 0 amide bonds. The van der Waals surface area contributed by atoms with Crippen LogP contribution in [-0.2, 0) is 24.8 Å². The zero-order chi connectivity index (χ0) is 27.4. The van der Waals surface area contributed by atoms with Crippen LogP contribution in [0.2, 0.25) is 0 Å². The Morgan fingerprint density at radius 3 is 2.63 bits per heavy atom. The fourth-order valence-electron chi connectivity index (χ4n) is 4.78. The highest BCUT2D eigenvalue weighted by atomic mass is 32.2. The summed E-state index contributed by atoms with van der Waals surface area (Å²) in [6.45, 7) is 1.28. The zero-order valence-corrected chi connectivity index (χ0v) is 22.7. The van der Waals surface area contributed by atoms with Gasteiger partial charge in [-0.2, -0.15) is 9.57 Å². The molecule has 2 aliphatic rings. The number of aliphatic hydroxyl groups is 1. The lowest BCUT2D eigenvalue weighted by molar-refractivity contribution is -0.0312. The largest absolute Gasteiger partial charge is 0.491 e. The van der Waals surface area contributed by atoms with Gasteiger partial charge < -0.3 is 19.9 Å². The van der Waals surface area contributed by atoms with Crippen LogP contribution in [0.4, 0.5) is 0 Å². The summed E-state index contributed by atoms with van der Waals surface area (Å²) in [4.78, 5) is 0.101. The van der Waals surface area contributed by atoms with Gasteiger partial charge in [-0.25, -0.2) is 21.6 Å². The number of ether oxygens (including phenoxy) is 2. The average Bonchev–Trinajstić information content (AvgIpc) is 3.33. The molecule has 1 spiro atoms. The minimum absolute atomic E-state index is 0.00350. The van der Waals surface area contributed by atoms with Gasteiger partial charge >= 0.3 is 0 Å². The summed E-state index contributed by atoms with van der Waals surface area (Å²) in [6.07, 6.45) is 0.934. The van der Waals surface area contributed by atoms with Crippen molar-refractivity contribution in [2.75, 3.05) is 39.9 Å². The molecule has 0 saturated carbocycles. The maximum absolute atomic E-state index is 13.1. The standard InChI is InChI=1S/C25H32N4O7S2/c1-27-37(31,32)23-7-4-6-22(13-23)35-18-21(30)16-28-20-14-25(36-17-20)9-11-29(12-10-25)38(33,34)24-8-3-2-5-19(24)15-26/h2-8,13,20-21,27-28,30H,9-12,14,16-18H2,1H3/t20?,21-/m0/s1. The number of hydrogen-bond donors (Lipinski definition) is 3. The number of nitrogens with one attached hydrogen (secondary N) is 2. The van der Waals surface area contributed by atoms with Gasteiger partial charge in [-0.3, -0.25) is 0 Å². The lowest BCUT2D eigenvalue weighted by Crippen LogP contribution is -2.47. The maximum atomic E-state index is 13.1. The number of sulfonamides is 2. The third-order valence-electron chi connectivity index (χ3n) is 6.94. The molecule has 0 bridgehead atoms. The van der Waals surface area contributed by atoms with Crippen LogP contribution < -0.4 is 14.8 Å². The quantitative estimate of drug-likeness (QED) is 0.380. The van der Waals surface area contributed by atoms with Crippen LogP contribution in [0.25, 0.3) is 0 Å². The molecule has 0 aromatic heterocycles. The van der Waals surface area contributed by atoms with Crippen molar-refractivity contribution in [3.05, 3.63) is 54.1 Å². The molecule has 0 radical (unpaired) electrons. The number of piperidine rings is 1. The topological polar surface area (TPSA) is 158 Å². The summed E-state index contributed by atoms with van der Waals surface area (Å²) < 4.78 is 65.5. The van der Waals surface area contributed by atoms with Crippen molar-refractivity contribution in [1.29, 1.82) is 5.26 Å². The summed E-state index contributed by atoms with van der Waals surface area (Å²) in [6, 6.07) is 14.2. The molecule has 2 atom stereocenters. The van der Waals surface area contributed by atoms with Crippen LogP contribution in [0, 0.1) is 11.3 Å². The summed E-state index contributed by atoms with van der Waals surface area (Å²) in [5, 5.41) is 23.0. The van der Waals surface area contributed by atoms with Gasteiger partial charge in [-0.05, 0) is 50.6 Å². The van der Waals surface area contributed by atoms with Gasteiger partial charge in [-0.15, -0.1) is 0 Å². The smallest absolute Gasteiger partial charge is 0.244 e. The molecular weight excluding hydrogens is 532 g/mol. The average molecular weight is 565 g/mol. The Kier molecular flexibility index (Phi) is 8.73. The van der Waals surface area contributed by atoms with Crippen molar-refractivity contribution in [2.45, 2.75) is 46.8 Å². The number of nitrogens with zero attached hydrogens (tertiary/aromatic N) is 2. The van der Waals surface area contributed by atoms with E-state index >= 15 is 0 Å². The van der Waals surface area contributed by atoms with Crippen molar-refractivity contribution >= 4 is 20.0 Å². The predicted octanol–water partition coefficient (Wildman–Crippen LogP) is 0.808. The molecule has 38 heavy (non-hydrogen) atoms. The Morgan fingerprint density at radius 1 is 1.18 bits per heavy atom. The van der Waals surface area contributed by atoms with E-state index in [1.165, 1.54) is 35.6 Å². The number of rotatable bonds is 10. The van der Waals surface area contributed by atoms with E-state index in [0.29, 0.717) is 44.7 Å². The van der Waals surface area contributed by atoms with Crippen molar-refractivity contribution in [3.63, 3.8) is 0 Å². The Labute approximate surface area is 223 Å². The molecule has 4 rings (SSSR count). The van der Waals surface area contributed by atoms with Crippen LogP contribution >= 0.6 is 0 Å². The Bertz CT molecular complexity index is 1380. The van der Waals surface area contributed by atoms with Gasteiger partial charge in [-0.1, -0.05) is 18.2 Å². The predicted molar refractivity (Wildman–Crippen MR) is 138 cm³/mol. The van der Waals surface area contributed by atoms with Crippen LogP contribution in [0.3, 0.4) is 0 Å². The van der Waals surface area contributed by atoms with E-state index in [9.17, 15) is 27.2 Å². The van der Waals surface area contributed by atoms with Crippen LogP contribution in [-0.4, -0.2) is 83.9 Å². The lowest BCUT2D eigenvalue weighted by Gasteiger charge is -2.38. The number of aliphatic hydroxyl groups excluding tert-OH is 1. The van der Waals surface area contributed by atoms with E-state index in [0.717, 1.165) is 0 Å². The lowest BCUT2D eigenvalue weighted by atomic mass is 9.88. The van der Waals surface area contributed by atoms with E-state index in [1.807, 2.05) is 6.07 Å². The third kappa shape index (κ3) is 6.35. The highest BCUT2D eigenvalue weighted by Gasteiger charge is 2.45. The highest BCUT2D eigenvalue weighted by molar-refractivity contribution is 7.89. The van der Waals surface area contributed by atoms with Gasteiger partial charge in [0.05, 0.1) is 27.6 Å². The van der Waals surface area contributed by atoms with Gasteiger partial charge in [0.1, 0.15) is 24.5 Å². The molecule has 13 heteroatoms. The molecule has 0 aliphatic carbocycles. The van der Waals surface area contributed by atoms with Crippen molar-refractivity contribution in [3.8, 4) is 11.8 Å². The summed E-state index contributed by atoms with van der Waals surface area (Å²) in [5.41, 5.74) is -0.300. The zero-order valence-electron chi connectivity index (χ0n) is 21.0. The Hall–Kier alpha value is -2.57. The molecule has 2 saturated heterocycles. The van der Waals surface area contributed by atoms with E-state index < -0.39 is 31.8 Å². The molecule has 2 heterocycles. The highest BCUT2D eigenvalue weighted by Crippen LogP contribution is 2.37. The first-order chi connectivity index (χ1) is 18.1. The van der Waals surface area contributed by atoms with Gasteiger partial charge in [0.25, 0.3) is 0 Å². The number of nitriles is 1. The molecule has 11 nitrogen and oxygen atoms in total. The Balaban J connectivity index is 1.24. The van der Waals surface area contributed by atoms with Gasteiger partial charge in [0, 0.05) is 31.7 Å². The molecule has 2 aromatic carbocycles. The van der Waals surface area contributed by atoms with E-state index in [1.54, 1.807) is 24.3 Å². The van der Waals surface area contributed by atoms with Crippen molar-refractivity contribution in [1.82, 2.24) is 14.3 Å². The number of hydrogen-bond acceptors (Lipinski definition) is 9. The summed E-state index contributed by atoms with van der Waals surface area (Å²) >= 11 is 0. The monoisotopic (exact) mass is 564 g/mol. The molecule has 2 aromatic rings. The second-order valence-electron chi connectivity index (χ2n) is 9.46. The van der Waals surface area contributed by atoms with Crippen LogP contribution in [0.5, 0.6) is 5.75 Å². The van der Waals surface area contributed by atoms with E-state index in [4.69, 9.17) is 9.47 Å². The maximum Gasteiger partial charge on any atom is 0.244 e. The summed E-state index contributed by atoms with van der Waals surface area (Å²) in [5.74, 6) is 0.336. The summed E-state index contributed by atoms with van der Waals surface area (Å²) in [7, 11) is -6.03. The fraction of sp³-hybridized carbons (Fsp3) is 0.480. The first-order valence-corrected chi connectivity index (χ1v) is 15.2. The van der Waals surface area contributed by atoms with Crippen LogP contribution in [0.15, 0.2) is 58.3 Å². The minimum Gasteiger partial charge on any atom is -0.491 e. The SMILES string of the molecule is CNS(=O)(=O)c1cccc(OC[C@@H](O)CNC2COC3(CCN(S(=O)(=O)c4ccccc4C#N)CC3)C2)c1. The van der Waals surface area contributed by atoms with Gasteiger partial charge in [0.15, 0.2) is 0 Å². The normalized spacial score (nSPS) is 20.7. The fourth-order valence-corrected chi connectivity index (χ4v) is 7.13. The first kappa shape index (κ1) is 28.4. The van der Waals surface area contributed by atoms with Crippen LogP contribution in [0.1, 0.15) is 24.8 Å². The third-order valence-corrected chi connectivity index (χ3v) is 10.3. The van der Waals surface area contributed by atoms with Crippen molar-refractivity contribution in [2.24, 2.45) is 0 Å². The van der Waals surface area contributed by atoms with Crippen molar-refractivity contribution < 1.29 is 31.4 Å². The molecule has 2 fully saturated rings. The Morgan fingerprint density at radius 2 is 1.92 bits per heavy atom. The molecule has 1 unspecified atom stereocenters. The molecule has 3 N–H and O–H groups in total. The molecular formula is C25H32N4O7S2. The van der Waals surface area contributed by atoms with E-state index in [-0.39, 0.29) is 34.5 Å². The number of benzene rings is 2. The minimum atomic E-state index is -3.77. The first-order valence-electron chi connectivity index (χ1n) is 12.3. The molecule has 206 valence electrons.